The van der Waals surface area contributed by atoms with Crippen molar-refractivity contribution in [3.8, 4) is 6.07 Å². The van der Waals surface area contributed by atoms with Gasteiger partial charge >= 0.3 is 0 Å². The van der Waals surface area contributed by atoms with Crippen molar-refractivity contribution in [3.05, 3.63) is 81.6 Å². The predicted molar refractivity (Wildman–Crippen MR) is 83.2 cm³/mol. The Bertz CT molecular complexity index is 899. The highest BCUT2D eigenvalue weighted by molar-refractivity contribution is 5.82. The number of benzene rings is 2. The third-order valence-electron chi connectivity index (χ3n) is 3.65. The van der Waals surface area contributed by atoms with Crippen LogP contribution >= 0.6 is 0 Å². The van der Waals surface area contributed by atoms with Crippen molar-refractivity contribution in [2.24, 2.45) is 0 Å². The maximum atomic E-state index is 12.3. The van der Waals surface area contributed by atoms with E-state index in [0.717, 1.165) is 22.0 Å². The Labute approximate surface area is 122 Å². The fraction of sp³-hybridized carbons (Fsp3) is 0.111. The normalized spacial score (nSPS) is 10.5. The molecule has 0 aliphatic heterocycles. The lowest BCUT2D eigenvalue weighted by molar-refractivity contribution is 0.793. The lowest BCUT2D eigenvalue weighted by atomic mass is 10.1. The molecule has 0 fully saturated rings. The van der Waals surface area contributed by atoms with Crippen molar-refractivity contribution in [1.29, 1.82) is 5.26 Å². The van der Waals surface area contributed by atoms with Crippen LogP contribution in [-0.4, -0.2) is 4.57 Å². The van der Waals surface area contributed by atoms with Gasteiger partial charge in [-0.1, -0.05) is 30.3 Å². The Balaban J connectivity index is 2.12. The Morgan fingerprint density at radius 3 is 2.52 bits per heavy atom. The molecule has 0 unspecified atom stereocenters. The van der Waals surface area contributed by atoms with E-state index >= 15 is 0 Å². The van der Waals surface area contributed by atoms with Crippen LogP contribution in [0.25, 0.3) is 10.9 Å². The summed E-state index contributed by atoms with van der Waals surface area (Å²) in [6.45, 7) is 2.46. The lowest BCUT2D eigenvalue weighted by Gasteiger charge is -2.12. The first-order chi connectivity index (χ1) is 10.2. The van der Waals surface area contributed by atoms with Gasteiger partial charge in [0.1, 0.15) is 0 Å². The van der Waals surface area contributed by atoms with Crippen LogP contribution in [0.3, 0.4) is 0 Å². The van der Waals surface area contributed by atoms with Crippen molar-refractivity contribution in [2.45, 2.75) is 13.5 Å². The maximum absolute atomic E-state index is 12.3. The second-order valence-corrected chi connectivity index (χ2v) is 5.08. The highest BCUT2D eigenvalue weighted by Crippen LogP contribution is 2.17. The number of aryl methyl sites for hydroxylation is 1. The van der Waals surface area contributed by atoms with Crippen molar-refractivity contribution in [2.75, 3.05) is 0 Å². The number of fused-ring (bicyclic) bond motifs is 1. The fourth-order valence-electron chi connectivity index (χ4n) is 2.53. The van der Waals surface area contributed by atoms with E-state index in [2.05, 4.69) is 6.07 Å². The van der Waals surface area contributed by atoms with E-state index in [4.69, 9.17) is 5.26 Å². The van der Waals surface area contributed by atoms with Gasteiger partial charge in [-0.15, -0.1) is 0 Å². The molecule has 0 radical (unpaired) electrons. The predicted octanol–water partition coefficient (Wildman–Crippen LogP) is 3.23. The van der Waals surface area contributed by atoms with Crippen LogP contribution in [0.2, 0.25) is 0 Å². The number of rotatable bonds is 2. The van der Waals surface area contributed by atoms with Gasteiger partial charge in [-0.2, -0.15) is 5.26 Å². The molecule has 2 aromatic carbocycles. The molecular formula is C18H14N2O. The third-order valence-corrected chi connectivity index (χ3v) is 3.65. The number of nitrogens with zero attached hydrogens (tertiary/aromatic N) is 2. The van der Waals surface area contributed by atoms with E-state index < -0.39 is 0 Å². The molecule has 0 spiro atoms. The minimum Gasteiger partial charge on any atom is -0.304 e. The van der Waals surface area contributed by atoms with Gasteiger partial charge < -0.3 is 4.57 Å². The second-order valence-electron chi connectivity index (χ2n) is 5.08. The molecule has 1 aromatic heterocycles. The van der Waals surface area contributed by atoms with Crippen LogP contribution < -0.4 is 5.56 Å². The Hall–Kier alpha value is -2.86. The quantitative estimate of drug-likeness (QED) is 0.720. The van der Waals surface area contributed by atoms with E-state index in [9.17, 15) is 4.79 Å². The molecule has 3 aromatic rings. The monoisotopic (exact) mass is 274 g/mol. The van der Waals surface area contributed by atoms with Gasteiger partial charge in [0, 0.05) is 11.5 Å². The molecule has 0 aliphatic carbocycles. The summed E-state index contributed by atoms with van der Waals surface area (Å²) in [4.78, 5) is 12.3. The summed E-state index contributed by atoms with van der Waals surface area (Å²) in [6.07, 6.45) is 0. The van der Waals surface area contributed by atoms with Crippen LogP contribution in [0, 0.1) is 18.3 Å². The Morgan fingerprint density at radius 1 is 1.10 bits per heavy atom. The van der Waals surface area contributed by atoms with E-state index in [1.54, 1.807) is 22.8 Å². The van der Waals surface area contributed by atoms with Crippen LogP contribution in [0.1, 0.15) is 16.7 Å². The summed E-state index contributed by atoms with van der Waals surface area (Å²) >= 11 is 0. The number of hydrogen-bond acceptors (Lipinski definition) is 2. The first kappa shape index (κ1) is 13.1. The molecule has 1 heterocycles. The Morgan fingerprint density at radius 2 is 1.81 bits per heavy atom. The maximum Gasteiger partial charge on any atom is 0.251 e. The standard InChI is InChI=1S/C18H14N2O/c1-13-10-18(21)20(17-5-3-2-4-16(13)17)12-15-8-6-14(11-19)7-9-15/h2-10H,12H2,1H3. The highest BCUT2D eigenvalue weighted by Gasteiger charge is 2.06. The summed E-state index contributed by atoms with van der Waals surface area (Å²) in [7, 11) is 0. The molecule has 3 rings (SSSR count). The van der Waals surface area contributed by atoms with E-state index in [-0.39, 0.29) is 5.56 Å². The van der Waals surface area contributed by atoms with Crippen LogP contribution in [-0.2, 0) is 6.54 Å². The lowest BCUT2D eigenvalue weighted by Crippen LogP contribution is -2.20. The average Bonchev–Trinajstić information content (AvgIpc) is 2.52. The van der Waals surface area contributed by atoms with Gasteiger partial charge in [-0.25, -0.2) is 0 Å². The Kier molecular flexibility index (Phi) is 3.29. The number of aromatic nitrogens is 1. The van der Waals surface area contributed by atoms with Crippen molar-refractivity contribution >= 4 is 10.9 Å². The second kappa shape index (κ2) is 5.26. The van der Waals surface area contributed by atoms with Crippen molar-refractivity contribution in [3.63, 3.8) is 0 Å². The molecule has 0 atom stereocenters. The average molecular weight is 274 g/mol. The molecule has 0 saturated heterocycles. The molecule has 0 aliphatic rings. The first-order valence-electron chi connectivity index (χ1n) is 6.77. The molecule has 3 heteroatoms. The number of nitriles is 1. The fourth-order valence-corrected chi connectivity index (χ4v) is 2.53. The summed E-state index contributed by atoms with van der Waals surface area (Å²) in [5.41, 5.74) is 3.55. The molecule has 102 valence electrons. The van der Waals surface area contributed by atoms with Crippen LogP contribution in [0.4, 0.5) is 0 Å². The summed E-state index contributed by atoms with van der Waals surface area (Å²) < 4.78 is 1.77. The molecule has 0 bridgehead atoms. The van der Waals surface area contributed by atoms with Crippen LogP contribution in [0.5, 0.6) is 0 Å². The number of pyridine rings is 1. The first-order valence-corrected chi connectivity index (χ1v) is 6.77. The SMILES string of the molecule is Cc1cc(=O)n(Cc2ccc(C#N)cc2)c2ccccc12. The summed E-state index contributed by atoms with van der Waals surface area (Å²) in [5, 5.41) is 9.92. The molecular weight excluding hydrogens is 260 g/mol. The van der Waals surface area contributed by atoms with Gasteiger partial charge in [0.15, 0.2) is 0 Å². The smallest absolute Gasteiger partial charge is 0.251 e. The minimum atomic E-state index is -0.00411. The van der Waals surface area contributed by atoms with E-state index in [1.165, 1.54) is 0 Å². The minimum absolute atomic E-state index is 0.00411. The van der Waals surface area contributed by atoms with Gasteiger partial charge in [-0.3, -0.25) is 4.79 Å². The topological polar surface area (TPSA) is 45.8 Å². The van der Waals surface area contributed by atoms with Gasteiger partial charge in [-0.05, 0) is 36.2 Å². The highest BCUT2D eigenvalue weighted by atomic mass is 16.1. The molecule has 21 heavy (non-hydrogen) atoms. The molecule has 0 N–H and O–H groups in total. The van der Waals surface area contributed by atoms with Gasteiger partial charge in [0.2, 0.25) is 0 Å². The van der Waals surface area contributed by atoms with Gasteiger partial charge in [0.05, 0.1) is 23.7 Å². The van der Waals surface area contributed by atoms with Crippen molar-refractivity contribution < 1.29 is 0 Å². The van der Waals surface area contributed by atoms with Crippen molar-refractivity contribution in [1.82, 2.24) is 4.57 Å². The van der Waals surface area contributed by atoms with Gasteiger partial charge in [0.25, 0.3) is 5.56 Å². The molecule has 0 saturated carbocycles. The van der Waals surface area contributed by atoms with E-state index in [1.807, 2.05) is 43.3 Å². The summed E-state index contributed by atoms with van der Waals surface area (Å²) in [5.74, 6) is 0. The molecule has 0 amide bonds. The van der Waals surface area contributed by atoms with Crippen LogP contribution in [0.15, 0.2) is 59.4 Å². The number of hydrogen-bond donors (Lipinski definition) is 0. The zero-order chi connectivity index (χ0) is 14.8. The summed E-state index contributed by atoms with van der Waals surface area (Å²) in [6, 6.07) is 19.0. The largest absolute Gasteiger partial charge is 0.304 e. The molecule has 3 nitrogen and oxygen atoms in total. The zero-order valence-corrected chi connectivity index (χ0v) is 11.7. The zero-order valence-electron chi connectivity index (χ0n) is 11.7. The number of para-hydroxylation sites is 1. The van der Waals surface area contributed by atoms with E-state index in [0.29, 0.717) is 12.1 Å². The third kappa shape index (κ3) is 2.44.